The summed E-state index contributed by atoms with van der Waals surface area (Å²) in [5.74, 6) is -0.287. The number of halogens is 1. The second-order valence-corrected chi connectivity index (χ2v) is 6.18. The van der Waals surface area contributed by atoms with Gasteiger partial charge in [0, 0.05) is 27.7 Å². The molecule has 118 valence electrons. The van der Waals surface area contributed by atoms with E-state index in [1.165, 1.54) is 11.8 Å². The molecular formula is C17H14ClNO3S. The summed E-state index contributed by atoms with van der Waals surface area (Å²) in [5.41, 5.74) is 2.17. The van der Waals surface area contributed by atoms with E-state index in [0.29, 0.717) is 15.7 Å². The molecule has 3 rings (SSSR count). The molecule has 0 fully saturated rings. The maximum absolute atomic E-state index is 12.2. The lowest BCUT2D eigenvalue weighted by Gasteiger charge is -2.08. The molecule has 0 aliphatic carbocycles. The molecule has 0 atom stereocenters. The molecular weight excluding hydrogens is 334 g/mol. The van der Waals surface area contributed by atoms with Crippen molar-refractivity contribution >= 4 is 40.2 Å². The van der Waals surface area contributed by atoms with Crippen LogP contribution in [0.3, 0.4) is 0 Å². The lowest BCUT2D eigenvalue weighted by molar-refractivity contribution is 0.0431. The highest BCUT2D eigenvalue weighted by atomic mass is 35.5. The number of nitrogens with zero attached hydrogens (tertiary/aromatic N) is 1. The van der Waals surface area contributed by atoms with Gasteiger partial charge in [-0.2, -0.15) is 0 Å². The van der Waals surface area contributed by atoms with E-state index in [-0.39, 0.29) is 12.4 Å². The first-order chi connectivity index (χ1) is 11.1. The molecule has 0 aliphatic heterocycles. The quantitative estimate of drug-likeness (QED) is 0.498. The van der Waals surface area contributed by atoms with Crippen LogP contribution in [0, 0.1) is 6.92 Å². The Labute approximate surface area is 142 Å². The monoisotopic (exact) mass is 347 g/mol. The third-order valence-corrected chi connectivity index (χ3v) is 4.41. The first-order valence-corrected chi connectivity index (χ1v) is 8.54. The predicted molar refractivity (Wildman–Crippen MR) is 91.1 cm³/mol. The van der Waals surface area contributed by atoms with Gasteiger partial charge in [-0.3, -0.25) is 4.98 Å². The van der Waals surface area contributed by atoms with Crippen molar-refractivity contribution in [3.05, 3.63) is 58.4 Å². The molecule has 23 heavy (non-hydrogen) atoms. The predicted octanol–water partition coefficient (Wildman–Crippen LogP) is 4.87. The summed E-state index contributed by atoms with van der Waals surface area (Å²) in [6, 6.07) is 9.26. The number of benzene rings is 1. The number of thioether (sulfide) groups is 1. The van der Waals surface area contributed by atoms with Gasteiger partial charge in [0.2, 0.25) is 5.76 Å². The number of pyridine rings is 1. The standard InChI is InChI=1S/C17H14ClNO3S/c1-10-8-14(23-2)22-16(10)17(20)21-9-12-13(18)6-5-11-4-3-7-19-15(11)12/h3-8H,9H2,1-2H3. The van der Waals surface area contributed by atoms with E-state index in [1.54, 1.807) is 12.3 Å². The Bertz CT molecular complexity index is 875. The smallest absolute Gasteiger partial charge is 0.374 e. The minimum Gasteiger partial charge on any atom is -0.455 e. The highest BCUT2D eigenvalue weighted by molar-refractivity contribution is 7.98. The molecule has 1 aromatic carbocycles. The van der Waals surface area contributed by atoms with Crippen LogP contribution in [0.1, 0.15) is 21.7 Å². The summed E-state index contributed by atoms with van der Waals surface area (Å²) in [5, 5.41) is 2.14. The van der Waals surface area contributed by atoms with E-state index in [4.69, 9.17) is 20.8 Å². The summed E-state index contributed by atoms with van der Waals surface area (Å²) >= 11 is 7.67. The van der Waals surface area contributed by atoms with E-state index in [2.05, 4.69) is 4.98 Å². The number of fused-ring (bicyclic) bond motifs is 1. The number of hydrogen-bond donors (Lipinski definition) is 0. The average Bonchev–Trinajstić information content (AvgIpc) is 2.95. The van der Waals surface area contributed by atoms with Crippen LogP contribution in [-0.4, -0.2) is 17.2 Å². The number of carbonyl (C=O) groups excluding carboxylic acids is 1. The zero-order valence-corrected chi connectivity index (χ0v) is 14.2. The van der Waals surface area contributed by atoms with E-state index in [1.807, 2.05) is 37.4 Å². The second-order valence-electron chi connectivity index (χ2n) is 4.96. The van der Waals surface area contributed by atoms with Gasteiger partial charge in [0.25, 0.3) is 0 Å². The molecule has 0 bridgehead atoms. The Kier molecular flexibility index (Phi) is 4.59. The minimum absolute atomic E-state index is 0.0424. The van der Waals surface area contributed by atoms with Crippen LogP contribution in [0.5, 0.6) is 0 Å². The van der Waals surface area contributed by atoms with Crippen molar-refractivity contribution in [1.82, 2.24) is 4.98 Å². The number of aromatic nitrogens is 1. The molecule has 2 aromatic heterocycles. The van der Waals surface area contributed by atoms with Crippen LogP contribution in [0.2, 0.25) is 5.02 Å². The van der Waals surface area contributed by atoms with Gasteiger partial charge in [-0.15, -0.1) is 0 Å². The molecule has 3 aromatic rings. The zero-order valence-electron chi connectivity index (χ0n) is 12.6. The summed E-state index contributed by atoms with van der Waals surface area (Å²) in [6.45, 7) is 1.85. The maximum Gasteiger partial charge on any atom is 0.374 e. The van der Waals surface area contributed by atoms with Crippen molar-refractivity contribution in [1.29, 1.82) is 0 Å². The molecule has 2 heterocycles. The summed E-state index contributed by atoms with van der Waals surface area (Å²) in [4.78, 5) is 16.6. The molecule has 0 N–H and O–H groups in total. The van der Waals surface area contributed by atoms with Gasteiger partial charge in [-0.05, 0) is 31.4 Å². The molecule has 4 nitrogen and oxygen atoms in total. The Morgan fingerprint density at radius 2 is 2.22 bits per heavy atom. The lowest BCUT2D eigenvalue weighted by Crippen LogP contribution is -2.06. The fourth-order valence-electron chi connectivity index (χ4n) is 2.28. The number of rotatable bonds is 4. The maximum atomic E-state index is 12.2. The number of hydrogen-bond acceptors (Lipinski definition) is 5. The molecule has 0 aliphatic rings. The van der Waals surface area contributed by atoms with E-state index < -0.39 is 5.97 Å². The van der Waals surface area contributed by atoms with Gasteiger partial charge in [0.15, 0.2) is 5.09 Å². The van der Waals surface area contributed by atoms with Gasteiger partial charge in [-0.25, -0.2) is 4.79 Å². The highest BCUT2D eigenvalue weighted by Gasteiger charge is 2.18. The fraction of sp³-hybridized carbons (Fsp3) is 0.176. The van der Waals surface area contributed by atoms with Gasteiger partial charge < -0.3 is 9.15 Å². The number of furan rings is 1. The van der Waals surface area contributed by atoms with Crippen LogP contribution in [0.25, 0.3) is 10.9 Å². The molecule has 0 amide bonds. The minimum atomic E-state index is -0.508. The zero-order chi connectivity index (χ0) is 16.4. The van der Waals surface area contributed by atoms with Crippen LogP contribution < -0.4 is 0 Å². The van der Waals surface area contributed by atoms with E-state index in [9.17, 15) is 4.79 Å². The van der Waals surface area contributed by atoms with Crippen molar-refractivity contribution in [2.45, 2.75) is 18.6 Å². The van der Waals surface area contributed by atoms with Gasteiger partial charge in [0.05, 0.1) is 5.52 Å². The first kappa shape index (κ1) is 15.9. The molecule has 0 unspecified atom stereocenters. The number of esters is 1. The fourth-order valence-corrected chi connectivity index (χ4v) is 2.95. The van der Waals surface area contributed by atoms with Crippen LogP contribution in [-0.2, 0) is 11.3 Å². The Balaban J connectivity index is 1.84. The first-order valence-electron chi connectivity index (χ1n) is 6.94. The molecule has 0 spiro atoms. The number of carbonyl (C=O) groups is 1. The molecule has 6 heteroatoms. The Hall–Kier alpha value is -1.98. The summed E-state index contributed by atoms with van der Waals surface area (Å²) < 4.78 is 10.8. The van der Waals surface area contributed by atoms with Gasteiger partial charge in [0.1, 0.15) is 6.61 Å². The second kappa shape index (κ2) is 6.64. The summed E-state index contributed by atoms with van der Waals surface area (Å²) in [6.07, 6.45) is 3.57. The van der Waals surface area contributed by atoms with Crippen molar-refractivity contribution < 1.29 is 13.9 Å². The van der Waals surface area contributed by atoms with Gasteiger partial charge in [-0.1, -0.05) is 35.5 Å². The highest BCUT2D eigenvalue weighted by Crippen LogP contribution is 2.27. The van der Waals surface area contributed by atoms with E-state index >= 15 is 0 Å². The third-order valence-electron chi connectivity index (χ3n) is 3.45. The van der Waals surface area contributed by atoms with Crippen molar-refractivity contribution in [3.63, 3.8) is 0 Å². The van der Waals surface area contributed by atoms with Crippen molar-refractivity contribution in [2.75, 3.05) is 6.26 Å². The van der Waals surface area contributed by atoms with Crippen LogP contribution >= 0.6 is 23.4 Å². The van der Waals surface area contributed by atoms with Gasteiger partial charge >= 0.3 is 5.97 Å². The molecule has 0 radical (unpaired) electrons. The largest absolute Gasteiger partial charge is 0.455 e. The normalized spacial score (nSPS) is 10.9. The van der Waals surface area contributed by atoms with Crippen LogP contribution in [0.15, 0.2) is 46.0 Å². The third kappa shape index (κ3) is 3.21. The SMILES string of the molecule is CSc1cc(C)c(C(=O)OCc2c(Cl)ccc3cccnc23)o1. The summed E-state index contributed by atoms with van der Waals surface area (Å²) in [7, 11) is 0. The topological polar surface area (TPSA) is 52.3 Å². The van der Waals surface area contributed by atoms with Crippen LogP contribution in [0.4, 0.5) is 0 Å². The Morgan fingerprint density at radius 3 is 2.96 bits per heavy atom. The Morgan fingerprint density at radius 1 is 1.39 bits per heavy atom. The van der Waals surface area contributed by atoms with Crippen molar-refractivity contribution in [2.24, 2.45) is 0 Å². The molecule has 0 saturated carbocycles. The van der Waals surface area contributed by atoms with E-state index in [0.717, 1.165) is 16.5 Å². The lowest BCUT2D eigenvalue weighted by atomic mass is 10.1. The number of aryl methyl sites for hydroxylation is 1. The average molecular weight is 348 g/mol. The number of ether oxygens (including phenoxy) is 1. The van der Waals surface area contributed by atoms with Crippen molar-refractivity contribution in [3.8, 4) is 0 Å². The molecule has 0 saturated heterocycles.